The molecule has 0 heterocycles. The Balaban J connectivity index is 1.84. The van der Waals surface area contributed by atoms with Gasteiger partial charge in [-0.15, -0.1) is 0 Å². The van der Waals surface area contributed by atoms with Gasteiger partial charge in [0, 0.05) is 29.4 Å². The van der Waals surface area contributed by atoms with E-state index in [1.807, 2.05) is 36.1 Å². The van der Waals surface area contributed by atoms with Crippen molar-refractivity contribution in [1.82, 2.24) is 4.90 Å². The molecule has 2 N–H and O–H groups in total. The van der Waals surface area contributed by atoms with Crippen LogP contribution in [0.5, 0.6) is 0 Å². The molecule has 0 aliphatic rings. The highest BCUT2D eigenvalue weighted by Gasteiger charge is 2.13. The van der Waals surface area contributed by atoms with Gasteiger partial charge in [0.1, 0.15) is 0 Å². The number of anilines is 2. The average Bonchev–Trinajstić information content (AvgIpc) is 2.62. The number of para-hydroxylation sites is 1. The summed E-state index contributed by atoms with van der Waals surface area (Å²) in [5.41, 5.74) is 2.51. The van der Waals surface area contributed by atoms with Crippen LogP contribution in [0.3, 0.4) is 0 Å². The standard InChI is InChI=1S/C21H26ClN3O2/c1-3-12-25(15-21(27)24-19-10-5-4-7-16(19)2)13-11-20(26)23-18-9-6-8-17(22)14-18/h4-10,14H,3,11-13,15H2,1-2H3,(H,23,26)(H,24,27). The lowest BCUT2D eigenvalue weighted by atomic mass is 10.2. The first-order valence-corrected chi connectivity index (χ1v) is 9.49. The molecule has 0 aromatic heterocycles. The van der Waals surface area contributed by atoms with Crippen molar-refractivity contribution < 1.29 is 9.59 Å². The number of aryl methyl sites for hydroxylation is 1. The third-order valence-electron chi connectivity index (χ3n) is 4.09. The van der Waals surface area contributed by atoms with Gasteiger partial charge in [0.2, 0.25) is 11.8 Å². The summed E-state index contributed by atoms with van der Waals surface area (Å²) >= 11 is 5.93. The van der Waals surface area contributed by atoms with Gasteiger partial charge in [0.25, 0.3) is 0 Å². The Hall–Kier alpha value is -2.37. The van der Waals surface area contributed by atoms with E-state index in [0.29, 0.717) is 23.7 Å². The summed E-state index contributed by atoms with van der Waals surface area (Å²) < 4.78 is 0. The molecular weight excluding hydrogens is 362 g/mol. The minimum Gasteiger partial charge on any atom is -0.326 e. The summed E-state index contributed by atoms with van der Waals surface area (Å²) in [5.74, 6) is -0.175. The van der Waals surface area contributed by atoms with Crippen LogP contribution in [0, 0.1) is 6.92 Å². The zero-order valence-corrected chi connectivity index (χ0v) is 16.6. The highest BCUT2D eigenvalue weighted by Crippen LogP contribution is 2.15. The van der Waals surface area contributed by atoms with Crippen molar-refractivity contribution >= 4 is 34.8 Å². The highest BCUT2D eigenvalue weighted by atomic mass is 35.5. The molecule has 2 aromatic rings. The number of hydrogen-bond acceptors (Lipinski definition) is 3. The number of carbonyl (C=O) groups is 2. The molecule has 0 atom stereocenters. The van der Waals surface area contributed by atoms with Crippen LogP contribution in [0.4, 0.5) is 11.4 Å². The first-order chi connectivity index (χ1) is 13.0. The number of nitrogens with zero attached hydrogens (tertiary/aromatic N) is 1. The van der Waals surface area contributed by atoms with Crippen LogP contribution < -0.4 is 10.6 Å². The molecule has 2 rings (SSSR count). The van der Waals surface area contributed by atoms with E-state index in [-0.39, 0.29) is 18.4 Å². The zero-order chi connectivity index (χ0) is 19.6. The van der Waals surface area contributed by atoms with Crippen molar-refractivity contribution in [3.05, 3.63) is 59.1 Å². The van der Waals surface area contributed by atoms with Gasteiger partial charge in [-0.3, -0.25) is 14.5 Å². The van der Waals surface area contributed by atoms with Crippen LogP contribution >= 0.6 is 11.6 Å². The fraction of sp³-hybridized carbons (Fsp3) is 0.333. The predicted molar refractivity (Wildman–Crippen MR) is 111 cm³/mol. The number of benzene rings is 2. The molecule has 0 radical (unpaired) electrons. The number of rotatable bonds is 9. The largest absolute Gasteiger partial charge is 0.326 e. The first-order valence-electron chi connectivity index (χ1n) is 9.11. The molecule has 0 fully saturated rings. The Morgan fingerprint density at radius 3 is 2.48 bits per heavy atom. The minimum atomic E-state index is -0.0994. The SMILES string of the molecule is CCCN(CCC(=O)Nc1cccc(Cl)c1)CC(=O)Nc1ccccc1C. The number of carbonyl (C=O) groups excluding carboxylic acids is 2. The lowest BCUT2D eigenvalue weighted by Gasteiger charge is -2.21. The van der Waals surface area contributed by atoms with Gasteiger partial charge >= 0.3 is 0 Å². The molecule has 6 heteroatoms. The van der Waals surface area contributed by atoms with E-state index < -0.39 is 0 Å². The molecule has 0 saturated heterocycles. The van der Waals surface area contributed by atoms with Gasteiger partial charge in [-0.2, -0.15) is 0 Å². The van der Waals surface area contributed by atoms with E-state index in [0.717, 1.165) is 24.2 Å². The molecule has 2 aromatic carbocycles. The van der Waals surface area contributed by atoms with Gasteiger partial charge in [0.15, 0.2) is 0 Å². The van der Waals surface area contributed by atoms with Gasteiger partial charge in [-0.1, -0.05) is 42.8 Å². The Bertz CT molecular complexity index is 780. The minimum absolute atomic E-state index is 0.0759. The molecule has 0 aliphatic heterocycles. The smallest absolute Gasteiger partial charge is 0.238 e. The van der Waals surface area contributed by atoms with Crippen molar-refractivity contribution in [2.45, 2.75) is 26.7 Å². The normalized spacial score (nSPS) is 10.7. The maximum atomic E-state index is 12.4. The predicted octanol–water partition coefficient (Wildman–Crippen LogP) is 4.33. The fourth-order valence-electron chi connectivity index (χ4n) is 2.74. The van der Waals surface area contributed by atoms with Crippen LogP contribution in [0.2, 0.25) is 5.02 Å². The Morgan fingerprint density at radius 2 is 1.78 bits per heavy atom. The molecule has 0 aliphatic carbocycles. The Kier molecular flexibility index (Phi) is 8.30. The Morgan fingerprint density at radius 1 is 1.00 bits per heavy atom. The highest BCUT2D eigenvalue weighted by molar-refractivity contribution is 6.30. The average molecular weight is 388 g/mol. The molecule has 0 unspecified atom stereocenters. The summed E-state index contributed by atoms with van der Waals surface area (Å²) in [7, 11) is 0. The van der Waals surface area contributed by atoms with Crippen molar-refractivity contribution in [2.75, 3.05) is 30.3 Å². The van der Waals surface area contributed by atoms with Gasteiger partial charge in [0.05, 0.1) is 6.54 Å². The number of halogens is 1. The second kappa shape index (κ2) is 10.7. The van der Waals surface area contributed by atoms with Crippen molar-refractivity contribution in [3.63, 3.8) is 0 Å². The first kappa shape index (κ1) is 20.9. The summed E-state index contributed by atoms with van der Waals surface area (Å²) in [6, 6.07) is 14.7. The fourth-order valence-corrected chi connectivity index (χ4v) is 2.93. The van der Waals surface area contributed by atoms with Crippen molar-refractivity contribution in [3.8, 4) is 0 Å². The molecule has 0 saturated carbocycles. The molecule has 144 valence electrons. The van der Waals surface area contributed by atoms with Crippen molar-refractivity contribution in [2.24, 2.45) is 0 Å². The number of hydrogen-bond donors (Lipinski definition) is 2. The molecular formula is C21H26ClN3O2. The van der Waals surface area contributed by atoms with E-state index >= 15 is 0 Å². The van der Waals surface area contributed by atoms with E-state index in [9.17, 15) is 9.59 Å². The second-order valence-corrected chi connectivity index (χ2v) is 6.88. The van der Waals surface area contributed by atoms with E-state index in [4.69, 9.17) is 11.6 Å². The van der Waals surface area contributed by atoms with E-state index in [1.54, 1.807) is 24.3 Å². The molecule has 0 spiro atoms. The second-order valence-electron chi connectivity index (χ2n) is 6.45. The molecule has 5 nitrogen and oxygen atoms in total. The quantitative estimate of drug-likeness (QED) is 0.673. The number of amides is 2. The van der Waals surface area contributed by atoms with Crippen molar-refractivity contribution in [1.29, 1.82) is 0 Å². The van der Waals surface area contributed by atoms with Crippen LogP contribution in [0.1, 0.15) is 25.3 Å². The maximum absolute atomic E-state index is 12.4. The summed E-state index contributed by atoms with van der Waals surface area (Å²) in [4.78, 5) is 26.5. The maximum Gasteiger partial charge on any atom is 0.238 e. The topological polar surface area (TPSA) is 61.4 Å². The lowest BCUT2D eigenvalue weighted by Crippen LogP contribution is -2.36. The molecule has 27 heavy (non-hydrogen) atoms. The monoisotopic (exact) mass is 387 g/mol. The van der Waals surface area contributed by atoms with E-state index in [2.05, 4.69) is 17.6 Å². The zero-order valence-electron chi connectivity index (χ0n) is 15.8. The van der Waals surface area contributed by atoms with Crippen LogP contribution in [0.15, 0.2) is 48.5 Å². The van der Waals surface area contributed by atoms with Gasteiger partial charge in [-0.05, 0) is 49.7 Å². The molecule has 0 bridgehead atoms. The molecule has 2 amide bonds. The summed E-state index contributed by atoms with van der Waals surface area (Å²) in [5, 5.41) is 6.34. The van der Waals surface area contributed by atoms with Crippen LogP contribution in [-0.4, -0.2) is 36.3 Å². The van der Waals surface area contributed by atoms with Crippen LogP contribution in [0.25, 0.3) is 0 Å². The van der Waals surface area contributed by atoms with Crippen LogP contribution in [-0.2, 0) is 9.59 Å². The number of nitrogens with one attached hydrogen (secondary N) is 2. The van der Waals surface area contributed by atoms with Gasteiger partial charge in [-0.25, -0.2) is 0 Å². The third-order valence-corrected chi connectivity index (χ3v) is 4.32. The lowest BCUT2D eigenvalue weighted by molar-refractivity contribution is -0.119. The summed E-state index contributed by atoms with van der Waals surface area (Å²) in [6.45, 7) is 5.54. The van der Waals surface area contributed by atoms with E-state index in [1.165, 1.54) is 0 Å². The van der Waals surface area contributed by atoms with Gasteiger partial charge < -0.3 is 10.6 Å². The Labute approximate surface area is 165 Å². The third kappa shape index (κ3) is 7.41. The summed E-state index contributed by atoms with van der Waals surface area (Å²) in [6.07, 6.45) is 1.22.